The van der Waals surface area contributed by atoms with Gasteiger partial charge in [0.05, 0.1) is 17.8 Å². The molecule has 0 heterocycles. The first kappa shape index (κ1) is 19.5. The van der Waals surface area contributed by atoms with E-state index in [1.165, 1.54) is 26.2 Å². The monoisotopic (exact) mass is 384 g/mol. The van der Waals surface area contributed by atoms with Crippen molar-refractivity contribution >= 4 is 34.9 Å². The topological polar surface area (TPSA) is 90.7 Å². The Bertz CT molecular complexity index is 841. The van der Waals surface area contributed by atoms with Crippen molar-refractivity contribution in [3.05, 3.63) is 52.6 Å². The van der Waals surface area contributed by atoms with Crippen molar-refractivity contribution in [3.63, 3.8) is 0 Å². The molecule has 0 saturated carbocycles. The van der Waals surface area contributed by atoms with Crippen LogP contribution in [0.2, 0.25) is 5.02 Å². The molecule has 2 aromatic rings. The van der Waals surface area contributed by atoms with Gasteiger partial charge in [0, 0.05) is 6.07 Å². The van der Waals surface area contributed by atoms with E-state index in [9.17, 15) is 18.4 Å². The summed E-state index contributed by atoms with van der Waals surface area (Å²) in [5, 5.41) is 2.14. The lowest BCUT2D eigenvalue weighted by Crippen LogP contribution is -2.30. The number of rotatable bonds is 5. The van der Waals surface area contributed by atoms with Crippen molar-refractivity contribution in [3.8, 4) is 5.75 Å². The number of carbonyl (C=O) groups excluding carboxylic acids is 2. The predicted octanol–water partition coefficient (Wildman–Crippen LogP) is 3.39. The van der Waals surface area contributed by atoms with Gasteiger partial charge in [0.2, 0.25) is 0 Å². The molecule has 0 radical (unpaired) electrons. The highest BCUT2D eigenvalue weighted by molar-refractivity contribution is 6.33. The van der Waals surface area contributed by atoms with Crippen LogP contribution < -0.4 is 15.8 Å². The van der Waals surface area contributed by atoms with E-state index in [1.54, 1.807) is 0 Å². The van der Waals surface area contributed by atoms with Crippen LogP contribution in [0, 0.1) is 11.6 Å². The number of anilines is 2. The molecule has 3 N–H and O–H groups in total. The molecule has 0 spiro atoms. The number of ether oxygens (including phenoxy) is 2. The Morgan fingerprint density at radius 3 is 2.42 bits per heavy atom. The van der Waals surface area contributed by atoms with Crippen LogP contribution in [0.5, 0.6) is 5.75 Å². The molecule has 1 unspecified atom stereocenters. The first-order valence-corrected chi connectivity index (χ1v) is 7.71. The van der Waals surface area contributed by atoms with Gasteiger partial charge in [-0.3, -0.25) is 4.79 Å². The molecule has 26 heavy (non-hydrogen) atoms. The average molecular weight is 385 g/mol. The average Bonchev–Trinajstić information content (AvgIpc) is 2.59. The van der Waals surface area contributed by atoms with Crippen LogP contribution in [0.15, 0.2) is 30.3 Å². The largest absolute Gasteiger partial charge is 0.496 e. The number of hydrogen-bond donors (Lipinski definition) is 2. The zero-order valence-electron chi connectivity index (χ0n) is 13.8. The maximum atomic E-state index is 13.6. The van der Waals surface area contributed by atoms with Gasteiger partial charge in [0.15, 0.2) is 6.10 Å². The number of methoxy groups -OCH3 is 1. The molecular weight excluding hydrogens is 370 g/mol. The fraction of sp³-hybridized carbons (Fsp3) is 0.176. The van der Waals surface area contributed by atoms with Gasteiger partial charge in [-0.2, -0.15) is 0 Å². The normalized spacial score (nSPS) is 11.6. The first-order valence-electron chi connectivity index (χ1n) is 7.33. The Kier molecular flexibility index (Phi) is 5.99. The highest BCUT2D eigenvalue weighted by atomic mass is 35.5. The molecule has 0 aliphatic rings. The Hall–Kier alpha value is -2.87. The van der Waals surface area contributed by atoms with Crippen molar-refractivity contribution in [2.75, 3.05) is 18.2 Å². The lowest BCUT2D eigenvalue weighted by molar-refractivity contribution is -0.123. The summed E-state index contributed by atoms with van der Waals surface area (Å²) < 4.78 is 37.2. The molecule has 0 aliphatic heterocycles. The highest BCUT2D eigenvalue weighted by Gasteiger charge is 2.24. The molecule has 138 valence electrons. The van der Waals surface area contributed by atoms with E-state index in [0.717, 1.165) is 18.2 Å². The van der Waals surface area contributed by atoms with Crippen molar-refractivity contribution in [1.29, 1.82) is 0 Å². The lowest BCUT2D eigenvalue weighted by Gasteiger charge is -2.16. The molecule has 1 amide bonds. The number of amides is 1. The summed E-state index contributed by atoms with van der Waals surface area (Å²) in [4.78, 5) is 24.3. The minimum Gasteiger partial charge on any atom is -0.496 e. The summed E-state index contributed by atoms with van der Waals surface area (Å²) in [7, 11) is 1.32. The van der Waals surface area contributed by atoms with Crippen LogP contribution in [-0.4, -0.2) is 25.1 Å². The third kappa shape index (κ3) is 4.20. The molecule has 0 fully saturated rings. The number of nitrogens with two attached hydrogens (primary N) is 1. The van der Waals surface area contributed by atoms with Crippen LogP contribution in [-0.2, 0) is 9.53 Å². The summed E-state index contributed by atoms with van der Waals surface area (Å²) >= 11 is 5.88. The third-order valence-corrected chi connectivity index (χ3v) is 3.73. The van der Waals surface area contributed by atoms with Crippen molar-refractivity contribution in [1.82, 2.24) is 0 Å². The number of esters is 1. The van der Waals surface area contributed by atoms with Gasteiger partial charge in [-0.15, -0.1) is 0 Å². The van der Waals surface area contributed by atoms with Crippen LogP contribution >= 0.6 is 11.6 Å². The van der Waals surface area contributed by atoms with Crippen LogP contribution in [0.4, 0.5) is 20.2 Å². The van der Waals surface area contributed by atoms with E-state index in [1.807, 2.05) is 5.32 Å². The maximum absolute atomic E-state index is 13.6. The molecule has 0 aromatic heterocycles. The molecule has 0 bridgehead atoms. The SMILES string of the molecule is COc1cc(N)c(Cl)cc1C(=O)OC(C)C(=O)Nc1c(F)cccc1F. The summed E-state index contributed by atoms with van der Waals surface area (Å²) in [5.41, 5.74) is 5.14. The van der Waals surface area contributed by atoms with Crippen LogP contribution in [0.1, 0.15) is 17.3 Å². The Morgan fingerprint density at radius 2 is 1.85 bits per heavy atom. The summed E-state index contributed by atoms with van der Waals surface area (Å²) in [6.07, 6.45) is -1.34. The zero-order chi connectivity index (χ0) is 19.4. The van der Waals surface area contributed by atoms with Crippen LogP contribution in [0.3, 0.4) is 0 Å². The standard InChI is InChI=1S/C17H15ClF2N2O4/c1-8(16(23)22-15-11(19)4-3-5-12(15)20)26-17(24)9-6-10(18)13(21)7-14(9)25-2/h3-8H,21H2,1-2H3,(H,22,23). The van der Waals surface area contributed by atoms with Gasteiger partial charge in [-0.05, 0) is 25.1 Å². The van der Waals surface area contributed by atoms with Crippen LogP contribution in [0.25, 0.3) is 0 Å². The number of nitrogens with one attached hydrogen (secondary N) is 1. The minimum atomic E-state index is -1.34. The molecule has 2 rings (SSSR count). The molecular formula is C17H15ClF2N2O4. The molecule has 6 nitrogen and oxygen atoms in total. The molecule has 0 aliphatic carbocycles. The van der Waals surface area contributed by atoms with E-state index in [4.69, 9.17) is 26.8 Å². The van der Waals surface area contributed by atoms with Gasteiger partial charge in [-0.25, -0.2) is 13.6 Å². The predicted molar refractivity (Wildman–Crippen MR) is 92.3 cm³/mol. The third-order valence-electron chi connectivity index (χ3n) is 3.40. The van der Waals surface area contributed by atoms with E-state index in [0.29, 0.717) is 0 Å². The van der Waals surface area contributed by atoms with Gasteiger partial charge >= 0.3 is 5.97 Å². The molecule has 9 heteroatoms. The fourth-order valence-corrected chi connectivity index (χ4v) is 2.18. The van der Waals surface area contributed by atoms with E-state index < -0.39 is 35.3 Å². The number of carbonyl (C=O) groups is 2. The van der Waals surface area contributed by atoms with Crippen molar-refractivity contribution in [2.45, 2.75) is 13.0 Å². The van der Waals surface area contributed by atoms with Crippen molar-refractivity contribution < 1.29 is 27.8 Å². The van der Waals surface area contributed by atoms with Gasteiger partial charge < -0.3 is 20.5 Å². The minimum absolute atomic E-state index is 0.0524. The number of nitrogen functional groups attached to an aromatic ring is 1. The highest BCUT2D eigenvalue weighted by Crippen LogP contribution is 2.29. The maximum Gasteiger partial charge on any atom is 0.342 e. The quantitative estimate of drug-likeness (QED) is 0.609. The second kappa shape index (κ2) is 8.01. The first-order chi connectivity index (χ1) is 12.2. The number of para-hydroxylation sites is 1. The second-order valence-electron chi connectivity index (χ2n) is 5.21. The fourth-order valence-electron chi connectivity index (χ4n) is 2.02. The number of benzene rings is 2. The van der Waals surface area contributed by atoms with E-state index >= 15 is 0 Å². The summed E-state index contributed by atoms with van der Waals surface area (Å²) in [5.74, 6) is -3.64. The van der Waals surface area contributed by atoms with E-state index in [-0.39, 0.29) is 22.0 Å². The number of hydrogen-bond acceptors (Lipinski definition) is 5. The summed E-state index contributed by atoms with van der Waals surface area (Å²) in [6, 6.07) is 5.69. The van der Waals surface area contributed by atoms with Gasteiger partial charge in [0.25, 0.3) is 5.91 Å². The summed E-state index contributed by atoms with van der Waals surface area (Å²) in [6.45, 7) is 1.25. The zero-order valence-corrected chi connectivity index (χ0v) is 14.6. The lowest BCUT2D eigenvalue weighted by atomic mass is 10.2. The van der Waals surface area contributed by atoms with E-state index in [2.05, 4.69) is 0 Å². The molecule has 2 aromatic carbocycles. The molecule has 0 saturated heterocycles. The second-order valence-corrected chi connectivity index (χ2v) is 5.61. The van der Waals surface area contributed by atoms with Gasteiger partial charge in [-0.1, -0.05) is 17.7 Å². The van der Waals surface area contributed by atoms with Gasteiger partial charge in [0.1, 0.15) is 28.6 Å². The van der Waals surface area contributed by atoms with Crippen molar-refractivity contribution in [2.24, 2.45) is 0 Å². The Balaban J connectivity index is 2.14. The smallest absolute Gasteiger partial charge is 0.342 e. The Labute approximate surface area is 152 Å². The molecule has 1 atom stereocenters. The Morgan fingerprint density at radius 1 is 1.23 bits per heavy atom. The number of halogens is 3.